The minimum absolute atomic E-state index is 0.0982. The molecule has 0 aliphatic carbocycles. The van der Waals surface area contributed by atoms with Gasteiger partial charge in [-0.1, -0.05) is 18.2 Å². The van der Waals surface area contributed by atoms with E-state index in [0.717, 1.165) is 6.29 Å². The summed E-state index contributed by atoms with van der Waals surface area (Å²) in [4.78, 5) is 35.8. The number of hydrogen-bond acceptors (Lipinski definition) is 3. The molecule has 0 aromatic heterocycles. The molecule has 5 nitrogen and oxygen atoms in total. The molecule has 1 aliphatic heterocycles. The highest BCUT2D eigenvalue weighted by molar-refractivity contribution is 5.94. The van der Waals surface area contributed by atoms with E-state index in [-0.39, 0.29) is 23.8 Å². The maximum atomic E-state index is 11.9. The van der Waals surface area contributed by atoms with Crippen molar-refractivity contribution in [3.63, 3.8) is 0 Å². The van der Waals surface area contributed by atoms with Crippen LogP contribution in [0.5, 0.6) is 0 Å². The van der Waals surface area contributed by atoms with Crippen LogP contribution < -0.4 is 5.32 Å². The SMILES string of the molecule is CC(=O)N1C[C@H](CNC(=O)c2ccccc2)C[C@H]1C=O. The normalized spacial score (nSPS) is 21.6. The molecule has 0 unspecified atom stereocenters. The lowest BCUT2D eigenvalue weighted by molar-refractivity contribution is -0.132. The number of rotatable bonds is 4. The average Bonchev–Trinajstić information content (AvgIpc) is 2.89. The predicted molar refractivity (Wildman–Crippen MR) is 74.1 cm³/mol. The highest BCUT2D eigenvalue weighted by Crippen LogP contribution is 2.21. The average molecular weight is 274 g/mol. The topological polar surface area (TPSA) is 66.5 Å². The summed E-state index contributed by atoms with van der Waals surface area (Å²) in [6.45, 7) is 2.46. The van der Waals surface area contributed by atoms with Crippen molar-refractivity contribution in [3.8, 4) is 0 Å². The molecule has 2 rings (SSSR count). The molecular weight excluding hydrogens is 256 g/mol. The number of hydrogen-bond donors (Lipinski definition) is 1. The van der Waals surface area contributed by atoms with Crippen LogP contribution in [0.4, 0.5) is 0 Å². The quantitative estimate of drug-likeness (QED) is 0.828. The molecule has 1 fully saturated rings. The van der Waals surface area contributed by atoms with Crippen molar-refractivity contribution < 1.29 is 14.4 Å². The number of carbonyl (C=O) groups is 3. The number of nitrogens with one attached hydrogen (secondary N) is 1. The zero-order valence-corrected chi connectivity index (χ0v) is 11.4. The van der Waals surface area contributed by atoms with Gasteiger partial charge in [-0.2, -0.15) is 0 Å². The van der Waals surface area contributed by atoms with E-state index >= 15 is 0 Å². The van der Waals surface area contributed by atoms with Crippen LogP contribution in [0.15, 0.2) is 30.3 Å². The van der Waals surface area contributed by atoms with Crippen molar-refractivity contribution in [1.82, 2.24) is 10.2 Å². The van der Waals surface area contributed by atoms with Gasteiger partial charge >= 0.3 is 0 Å². The molecule has 1 aromatic rings. The Balaban J connectivity index is 1.88. The van der Waals surface area contributed by atoms with Crippen molar-refractivity contribution in [1.29, 1.82) is 0 Å². The van der Waals surface area contributed by atoms with E-state index in [2.05, 4.69) is 5.32 Å². The van der Waals surface area contributed by atoms with E-state index in [1.54, 1.807) is 17.0 Å². The second-order valence-corrected chi connectivity index (χ2v) is 5.05. The third-order valence-corrected chi connectivity index (χ3v) is 3.58. The van der Waals surface area contributed by atoms with Crippen LogP contribution in [0.2, 0.25) is 0 Å². The molecule has 0 saturated carbocycles. The van der Waals surface area contributed by atoms with Crippen molar-refractivity contribution in [3.05, 3.63) is 35.9 Å². The van der Waals surface area contributed by atoms with Crippen LogP contribution in [-0.4, -0.2) is 42.1 Å². The number of likely N-dealkylation sites (tertiary alicyclic amines) is 1. The molecule has 106 valence electrons. The van der Waals surface area contributed by atoms with Gasteiger partial charge in [0, 0.05) is 25.6 Å². The van der Waals surface area contributed by atoms with Crippen LogP contribution >= 0.6 is 0 Å². The van der Waals surface area contributed by atoms with Gasteiger partial charge in [0.1, 0.15) is 6.29 Å². The lowest BCUT2D eigenvalue weighted by Gasteiger charge is -2.17. The summed E-state index contributed by atoms with van der Waals surface area (Å²) in [5, 5.41) is 2.85. The summed E-state index contributed by atoms with van der Waals surface area (Å²) < 4.78 is 0. The molecule has 2 amide bonds. The van der Waals surface area contributed by atoms with Crippen molar-refractivity contribution >= 4 is 18.1 Å². The molecule has 0 spiro atoms. The van der Waals surface area contributed by atoms with Crippen LogP contribution in [-0.2, 0) is 9.59 Å². The molecule has 1 aromatic carbocycles. The van der Waals surface area contributed by atoms with Crippen LogP contribution in [0, 0.1) is 5.92 Å². The lowest BCUT2D eigenvalue weighted by Crippen LogP contribution is -2.35. The first kappa shape index (κ1) is 14.2. The first-order valence-electron chi connectivity index (χ1n) is 6.67. The maximum Gasteiger partial charge on any atom is 0.251 e. The number of benzene rings is 1. The van der Waals surface area contributed by atoms with Gasteiger partial charge in [-0.15, -0.1) is 0 Å². The minimum atomic E-state index is -0.355. The molecule has 5 heteroatoms. The van der Waals surface area contributed by atoms with E-state index in [4.69, 9.17) is 0 Å². The summed E-state index contributed by atoms with van der Waals surface area (Å²) >= 11 is 0. The number of aldehydes is 1. The molecule has 20 heavy (non-hydrogen) atoms. The lowest BCUT2D eigenvalue weighted by atomic mass is 10.1. The van der Waals surface area contributed by atoms with Crippen LogP contribution in [0.1, 0.15) is 23.7 Å². The summed E-state index contributed by atoms with van der Waals surface area (Å²) in [6, 6.07) is 8.62. The van der Waals surface area contributed by atoms with Gasteiger partial charge in [-0.25, -0.2) is 0 Å². The Morgan fingerprint density at radius 1 is 1.35 bits per heavy atom. The summed E-state index contributed by atoms with van der Waals surface area (Å²) in [5.74, 6) is -0.102. The fraction of sp³-hybridized carbons (Fsp3) is 0.400. The van der Waals surface area contributed by atoms with Gasteiger partial charge in [-0.3, -0.25) is 9.59 Å². The molecule has 0 radical (unpaired) electrons. The van der Waals surface area contributed by atoms with Crippen molar-refractivity contribution in [2.24, 2.45) is 5.92 Å². The van der Waals surface area contributed by atoms with Gasteiger partial charge in [0.05, 0.1) is 6.04 Å². The van der Waals surface area contributed by atoms with E-state index in [1.807, 2.05) is 18.2 Å². The first-order chi connectivity index (χ1) is 9.61. The van der Waals surface area contributed by atoms with Crippen LogP contribution in [0.25, 0.3) is 0 Å². The van der Waals surface area contributed by atoms with Gasteiger partial charge in [0.2, 0.25) is 5.91 Å². The molecule has 2 atom stereocenters. The van der Waals surface area contributed by atoms with Gasteiger partial charge < -0.3 is 15.0 Å². The van der Waals surface area contributed by atoms with E-state index in [9.17, 15) is 14.4 Å². The molecular formula is C15H18N2O3. The molecule has 1 heterocycles. The second kappa shape index (κ2) is 6.32. The second-order valence-electron chi connectivity index (χ2n) is 5.05. The Labute approximate surface area is 118 Å². The standard InChI is InChI=1S/C15H18N2O3/c1-11(19)17-9-12(7-14(17)10-18)8-16-15(20)13-5-3-2-4-6-13/h2-6,10,12,14H,7-9H2,1H3,(H,16,20)/t12-,14-/m0/s1. The third-order valence-electron chi connectivity index (χ3n) is 3.58. The maximum absolute atomic E-state index is 11.9. The largest absolute Gasteiger partial charge is 0.352 e. The Morgan fingerprint density at radius 2 is 2.05 bits per heavy atom. The summed E-state index contributed by atoms with van der Waals surface area (Å²) in [5.41, 5.74) is 0.612. The van der Waals surface area contributed by atoms with E-state index in [0.29, 0.717) is 25.1 Å². The fourth-order valence-electron chi connectivity index (χ4n) is 2.52. The number of nitrogens with zero attached hydrogens (tertiary/aromatic N) is 1. The first-order valence-corrected chi connectivity index (χ1v) is 6.67. The van der Waals surface area contributed by atoms with Gasteiger partial charge in [0.15, 0.2) is 0 Å². The zero-order chi connectivity index (χ0) is 14.5. The monoisotopic (exact) mass is 274 g/mol. The van der Waals surface area contributed by atoms with Crippen molar-refractivity contribution in [2.45, 2.75) is 19.4 Å². The van der Waals surface area contributed by atoms with Gasteiger partial charge in [0.25, 0.3) is 5.91 Å². The highest BCUT2D eigenvalue weighted by atomic mass is 16.2. The predicted octanol–water partition coefficient (Wildman–Crippen LogP) is 0.852. The van der Waals surface area contributed by atoms with Gasteiger partial charge in [-0.05, 0) is 24.5 Å². The van der Waals surface area contributed by atoms with E-state index in [1.165, 1.54) is 6.92 Å². The number of carbonyl (C=O) groups excluding carboxylic acids is 3. The Bertz CT molecular complexity index is 501. The third kappa shape index (κ3) is 3.23. The van der Waals surface area contributed by atoms with Crippen molar-refractivity contribution in [2.75, 3.05) is 13.1 Å². The molecule has 1 N–H and O–H groups in total. The Kier molecular flexibility index (Phi) is 4.50. The number of amides is 2. The van der Waals surface area contributed by atoms with E-state index < -0.39 is 0 Å². The van der Waals surface area contributed by atoms with Crippen LogP contribution in [0.3, 0.4) is 0 Å². The fourth-order valence-corrected chi connectivity index (χ4v) is 2.52. The minimum Gasteiger partial charge on any atom is -0.352 e. The summed E-state index contributed by atoms with van der Waals surface area (Å²) in [7, 11) is 0. The zero-order valence-electron chi connectivity index (χ0n) is 11.4. The Morgan fingerprint density at radius 3 is 2.60 bits per heavy atom. The Hall–Kier alpha value is -2.17. The highest BCUT2D eigenvalue weighted by Gasteiger charge is 2.33. The smallest absolute Gasteiger partial charge is 0.251 e. The summed E-state index contributed by atoms with van der Waals surface area (Å²) in [6.07, 6.45) is 1.42. The molecule has 0 bridgehead atoms. The molecule has 1 saturated heterocycles. The molecule has 1 aliphatic rings.